The van der Waals surface area contributed by atoms with Gasteiger partial charge in [0.2, 0.25) is 0 Å². The van der Waals surface area contributed by atoms with E-state index in [2.05, 4.69) is 16.1 Å². The standard InChI is InChI=1S/C32H58N6O7/c1-21(15-42-30(6,7)16-33)38-45-27(41)24-13-22(25(39)36-28(2,3)19-43-31(8,9)17-34)12-23(14-24)26(40)37-29(4,5)20-44-32(10,11)18-35/h12-14,21,38H,15-20,33-35H2,1-11H3,(H,36,39)(H,37,40). The first-order valence-corrected chi connectivity index (χ1v) is 15.2. The van der Waals surface area contributed by atoms with Crippen LogP contribution >= 0.6 is 0 Å². The number of hydrogen-bond donors (Lipinski definition) is 6. The van der Waals surface area contributed by atoms with E-state index in [0.717, 1.165) is 0 Å². The van der Waals surface area contributed by atoms with Gasteiger partial charge in [0.1, 0.15) is 0 Å². The van der Waals surface area contributed by atoms with Crippen LogP contribution in [-0.2, 0) is 19.0 Å². The fourth-order valence-electron chi connectivity index (χ4n) is 3.36. The van der Waals surface area contributed by atoms with E-state index in [1.165, 1.54) is 18.2 Å². The molecule has 0 heterocycles. The van der Waals surface area contributed by atoms with Crippen molar-refractivity contribution in [1.29, 1.82) is 0 Å². The Morgan fingerprint density at radius 3 is 1.38 bits per heavy atom. The van der Waals surface area contributed by atoms with Crippen LogP contribution in [0.4, 0.5) is 0 Å². The van der Waals surface area contributed by atoms with E-state index in [1.54, 1.807) is 34.6 Å². The topological polar surface area (TPSA) is 202 Å². The first kappa shape index (κ1) is 40.4. The summed E-state index contributed by atoms with van der Waals surface area (Å²) < 4.78 is 17.5. The molecule has 0 aliphatic heterocycles. The van der Waals surface area contributed by atoms with Gasteiger partial charge in [-0.3, -0.25) is 9.59 Å². The summed E-state index contributed by atoms with van der Waals surface area (Å²) in [7, 11) is 0. The molecule has 258 valence electrons. The van der Waals surface area contributed by atoms with Crippen molar-refractivity contribution in [3.05, 3.63) is 34.9 Å². The maximum absolute atomic E-state index is 13.5. The molecule has 0 fully saturated rings. The summed E-state index contributed by atoms with van der Waals surface area (Å²) in [6.07, 6.45) is 0. The molecule has 0 saturated carbocycles. The van der Waals surface area contributed by atoms with Gasteiger partial charge in [-0.05, 0) is 94.4 Å². The predicted molar refractivity (Wildman–Crippen MR) is 175 cm³/mol. The van der Waals surface area contributed by atoms with Crippen molar-refractivity contribution in [2.45, 2.75) is 110 Å². The van der Waals surface area contributed by atoms with Crippen molar-refractivity contribution < 1.29 is 33.4 Å². The third kappa shape index (κ3) is 15.0. The summed E-state index contributed by atoms with van der Waals surface area (Å²) in [5, 5.41) is 5.83. The van der Waals surface area contributed by atoms with Crippen LogP contribution in [0.3, 0.4) is 0 Å². The molecule has 1 rings (SSSR count). The van der Waals surface area contributed by atoms with Crippen molar-refractivity contribution in [3.63, 3.8) is 0 Å². The predicted octanol–water partition coefficient (Wildman–Crippen LogP) is 2.02. The SMILES string of the molecule is CC(COC(C)(C)CN)NOC(=O)c1cc(C(=O)NC(C)(C)COC(C)(C)CN)cc(C(=O)NC(C)(C)COC(C)(C)CN)c1. The Labute approximate surface area is 268 Å². The van der Waals surface area contributed by atoms with E-state index >= 15 is 0 Å². The van der Waals surface area contributed by atoms with E-state index in [4.69, 9.17) is 36.2 Å². The number of nitrogens with one attached hydrogen (secondary N) is 3. The molecule has 1 atom stereocenters. The fraction of sp³-hybridized carbons (Fsp3) is 0.719. The number of benzene rings is 1. The highest BCUT2D eigenvalue weighted by atomic mass is 16.7. The number of ether oxygens (including phenoxy) is 3. The summed E-state index contributed by atoms with van der Waals surface area (Å²) in [6.45, 7) is 21.6. The number of rotatable bonds is 19. The number of carbonyl (C=O) groups is 3. The van der Waals surface area contributed by atoms with Gasteiger partial charge >= 0.3 is 5.97 Å². The molecular formula is C32H58N6O7. The van der Waals surface area contributed by atoms with Crippen LogP contribution in [0.5, 0.6) is 0 Å². The number of carbonyl (C=O) groups excluding carboxylic acids is 3. The maximum atomic E-state index is 13.5. The number of hydrogen-bond acceptors (Lipinski definition) is 11. The van der Waals surface area contributed by atoms with E-state index in [-0.39, 0.29) is 42.6 Å². The molecule has 0 bridgehead atoms. The lowest BCUT2D eigenvalue weighted by atomic mass is 10.0. The average Bonchev–Trinajstić information content (AvgIpc) is 2.96. The molecule has 9 N–H and O–H groups in total. The zero-order valence-electron chi connectivity index (χ0n) is 29.1. The molecule has 0 spiro atoms. The third-order valence-corrected chi connectivity index (χ3v) is 6.80. The maximum Gasteiger partial charge on any atom is 0.356 e. The van der Waals surface area contributed by atoms with Crippen LogP contribution in [-0.4, -0.2) is 91.2 Å². The van der Waals surface area contributed by atoms with Crippen LogP contribution < -0.4 is 33.3 Å². The van der Waals surface area contributed by atoms with Crippen molar-refractivity contribution in [3.8, 4) is 0 Å². The van der Waals surface area contributed by atoms with Gasteiger partial charge < -0.3 is 46.9 Å². The molecule has 0 aromatic heterocycles. The highest BCUT2D eigenvalue weighted by molar-refractivity contribution is 6.03. The normalized spacial score (nSPS) is 13.7. The molecule has 1 aromatic rings. The van der Waals surface area contributed by atoms with Gasteiger partial charge in [-0.2, -0.15) is 0 Å². The van der Waals surface area contributed by atoms with Gasteiger partial charge in [-0.15, -0.1) is 5.48 Å². The zero-order valence-corrected chi connectivity index (χ0v) is 29.1. The smallest absolute Gasteiger partial charge is 0.356 e. The minimum Gasteiger partial charge on any atom is -0.373 e. The van der Waals surface area contributed by atoms with Crippen molar-refractivity contribution in [2.75, 3.05) is 39.5 Å². The second-order valence-electron chi connectivity index (χ2n) is 14.7. The average molecular weight is 639 g/mol. The highest BCUT2D eigenvalue weighted by Crippen LogP contribution is 2.18. The quantitative estimate of drug-likeness (QED) is 0.121. The summed E-state index contributed by atoms with van der Waals surface area (Å²) in [5.74, 6) is -1.81. The summed E-state index contributed by atoms with van der Waals surface area (Å²) in [4.78, 5) is 45.4. The molecule has 0 aliphatic carbocycles. The van der Waals surface area contributed by atoms with Gasteiger partial charge in [0, 0.05) is 30.8 Å². The summed E-state index contributed by atoms with van der Waals surface area (Å²) >= 11 is 0. The van der Waals surface area contributed by atoms with Gasteiger partial charge in [-0.25, -0.2) is 4.79 Å². The zero-order chi connectivity index (χ0) is 34.9. The minimum atomic E-state index is -0.800. The summed E-state index contributed by atoms with van der Waals surface area (Å²) in [6, 6.07) is 3.79. The number of hydroxylamine groups is 1. The van der Waals surface area contributed by atoms with Gasteiger partial charge in [0.05, 0.1) is 59.3 Å². The fourth-order valence-corrected chi connectivity index (χ4v) is 3.36. The van der Waals surface area contributed by atoms with Crippen LogP contribution in [0.1, 0.15) is 107 Å². The largest absolute Gasteiger partial charge is 0.373 e. The van der Waals surface area contributed by atoms with Gasteiger partial charge in [-0.1, -0.05) is 0 Å². The second-order valence-corrected chi connectivity index (χ2v) is 14.7. The molecule has 1 unspecified atom stereocenters. The van der Waals surface area contributed by atoms with E-state index in [9.17, 15) is 14.4 Å². The molecule has 13 nitrogen and oxygen atoms in total. The molecule has 0 radical (unpaired) electrons. The van der Waals surface area contributed by atoms with Crippen LogP contribution in [0.15, 0.2) is 18.2 Å². The minimum absolute atomic E-state index is 0.00708. The van der Waals surface area contributed by atoms with Crippen molar-refractivity contribution in [2.24, 2.45) is 17.2 Å². The number of nitrogens with two attached hydrogens (primary N) is 3. The Morgan fingerprint density at radius 1 is 0.644 bits per heavy atom. The Morgan fingerprint density at radius 2 is 1.00 bits per heavy atom. The Balaban J connectivity index is 3.26. The molecule has 2 amide bonds. The van der Waals surface area contributed by atoms with E-state index in [1.807, 2.05) is 41.5 Å². The first-order valence-electron chi connectivity index (χ1n) is 15.2. The second kappa shape index (κ2) is 16.3. The molecule has 0 aliphatic rings. The lowest BCUT2D eigenvalue weighted by Crippen LogP contribution is -2.50. The Kier molecular flexibility index (Phi) is 14.6. The van der Waals surface area contributed by atoms with Crippen LogP contribution in [0.2, 0.25) is 0 Å². The Bertz CT molecular complexity index is 1090. The Hall–Kier alpha value is -2.65. The van der Waals surface area contributed by atoms with Crippen molar-refractivity contribution in [1.82, 2.24) is 16.1 Å². The van der Waals surface area contributed by atoms with E-state index < -0.39 is 45.7 Å². The monoisotopic (exact) mass is 638 g/mol. The lowest BCUT2D eigenvalue weighted by Gasteiger charge is -2.32. The van der Waals surface area contributed by atoms with Gasteiger partial charge in [0.15, 0.2) is 0 Å². The molecule has 1 aromatic carbocycles. The first-order chi connectivity index (χ1) is 20.5. The van der Waals surface area contributed by atoms with Crippen molar-refractivity contribution >= 4 is 17.8 Å². The van der Waals surface area contributed by atoms with Crippen LogP contribution in [0.25, 0.3) is 0 Å². The van der Waals surface area contributed by atoms with E-state index in [0.29, 0.717) is 19.6 Å². The molecule has 45 heavy (non-hydrogen) atoms. The molecule has 13 heteroatoms. The van der Waals surface area contributed by atoms with Crippen LogP contribution in [0, 0.1) is 0 Å². The third-order valence-electron chi connectivity index (χ3n) is 6.80. The molecular weight excluding hydrogens is 580 g/mol. The molecule has 0 saturated heterocycles. The summed E-state index contributed by atoms with van der Waals surface area (Å²) in [5.41, 5.74) is 16.8. The lowest BCUT2D eigenvalue weighted by molar-refractivity contribution is -0.0431. The number of amides is 2. The van der Waals surface area contributed by atoms with Gasteiger partial charge in [0.25, 0.3) is 11.8 Å². The highest BCUT2D eigenvalue weighted by Gasteiger charge is 2.29.